The van der Waals surface area contributed by atoms with E-state index in [0.717, 1.165) is 24.2 Å². The Balaban J connectivity index is 2.54. The van der Waals surface area contributed by atoms with Crippen molar-refractivity contribution in [1.29, 1.82) is 0 Å². The molecule has 0 aromatic heterocycles. The molecule has 1 aliphatic rings. The molecular weight excluding hydrogens is 252 g/mol. The van der Waals surface area contributed by atoms with E-state index in [9.17, 15) is 4.79 Å². The van der Waals surface area contributed by atoms with Gasteiger partial charge < -0.3 is 9.84 Å². The number of hydrogen-bond donors (Lipinski definition) is 1. The van der Waals surface area contributed by atoms with Crippen LogP contribution in [0.2, 0.25) is 0 Å². The zero-order valence-electron chi connectivity index (χ0n) is 12.9. The number of hydrogen-bond acceptors (Lipinski definition) is 2. The smallest absolute Gasteiger partial charge is 0.306 e. The summed E-state index contributed by atoms with van der Waals surface area (Å²) in [4.78, 5) is 11.1. The Hall–Kier alpha value is -1.51. The Labute approximate surface area is 121 Å². The summed E-state index contributed by atoms with van der Waals surface area (Å²) in [6, 6.07) is 0. The van der Waals surface area contributed by atoms with Crippen molar-refractivity contribution in [3.63, 3.8) is 0 Å². The molecule has 0 saturated carbocycles. The van der Waals surface area contributed by atoms with E-state index in [2.05, 4.69) is 13.8 Å². The average Bonchev–Trinajstić information content (AvgIpc) is 2.44. The van der Waals surface area contributed by atoms with Gasteiger partial charge in [-0.25, -0.2) is 0 Å². The molecule has 2 rings (SSSR count). The number of ether oxygens (including phenoxy) is 1. The minimum Gasteiger partial charge on any atom is -0.496 e. The van der Waals surface area contributed by atoms with Gasteiger partial charge in [0.2, 0.25) is 0 Å². The number of benzene rings is 1. The molecule has 3 heteroatoms. The molecule has 0 radical (unpaired) electrons. The molecule has 110 valence electrons. The highest BCUT2D eigenvalue weighted by atomic mass is 16.5. The highest BCUT2D eigenvalue weighted by molar-refractivity contribution is 5.70. The van der Waals surface area contributed by atoms with E-state index in [1.807, 2.05) is 0 Å². The number of carboxylic acid groups (broad SMARTS) is 1. The molecule has 0 amide bonds. The van der Waals surface area contributed by atoms with Crippen LogP contribution in [-0.4, -0.2) is 18.2 Å². The normalized spacial score (nSPS) is 15.6. The van der Waals surface area contributed by atoms with Crippen molar-refractivity contribution in [2.24, 2.45) is 5.92 Å². The fourth-order valence-electron chi connectivity index (χ4n) is 3.36. The molecule has 0 aliphatic heterocycles. The molecule has 1 aromatic rings. The second kappa shape index (κ2) is 5.86. The minimum absolute atomic E-state index is 0.386. The van der Waals surface area contributed by atoms with Crippen LogP contribution in [0.3, 0.4) is 0 Å². The minimum atomic E-state index is -0.748. The number of rotatable bonds is 4. The molecule has 20 heavy (non-hydrogen) atoms. The van der Waals surface area contributed by atoms with Crippen LogP contribution in [0.5, 0.6) is 5.75 Å². The first-order valence-corrected chi connectivity index (χ1v) is 7.38. The van der Waals surface area contributed by atoms with Crippen molar-refractivity contribution < 1.29 is 14.6 Å². The molecule has 0 heterocycles. The lowest BCUT2D eigenvalue weighted by Crippen LogP contribution is -2.17. The summed E-state index contributed by atoms with van der Waals surface area (Å²) in [5, 5.41) is 9.16. The van der Waals surface area contributed by atoms with E-state index in [1.165, 1.54) is 35.1 Å². The van der Waals surface area contributed by atoms with Crippen LogP contribution < -0.4 is 4.74 Å². The van der Waals surface area contributed by atoms with Crippen LogP contribution in [0.15, 0.2) is 0 Å². The van der Waals surface area contributed by atoms with Crippen molar-refractivity contribution in [2.75, 3.05) is 7.11 Å². The van der Waals surface area contributed by atoms with Gasteiger partial charge in [0.25, 0.3) is 0 Å². The number of carboxylic acids is 1. The fourth-order valence-corrected chi connectivity index (χ4v) is 3.36. The topological polar surface area (TPSA) is 46.5 Å². The van der Waals surface area contributed by atoms with Gasteiger partial charge in [-0.2, -0.15) is 0 Å². The van der Waals surface area contributed by atoms with Crippen molar-refractivity contribution in [3.8, 4) is 5.75 Å². The van der Waals surface area contributed by atoms with E-state index >= 15 is 0 Å². The second-order valence-corrected chi connectivity index (χ2v) is 5.87. The largest absolute Gasteiger partial charge is 0.496 e. The Kier molecular flexibility index (Phi) is 4.36. The lowest BCUT2D eigenvalue weighted by atomic mass is 9.81. The molecule has 1 N–H and O–H groups in total. The Morgan fingerprint density at radius 2 is 1.75 bits per heavy atom. The first-order valence-electron chi connectivity index (χ1n) is 7.38. The molecule has 1 unspecified atom stereocenters. The Morgan fingerprint density at radius 1 is 1.20 bits per heavy atom. The summed E-state index contributed by atoms with van der Waals surface area (Å²) >= 11 is 0. The van der Waals surface area contributed by atoms with Gasteiger partial charge in [0.05, 0.1) is 13.0 Å². The number of carbonyl (C=O) groups is 1. The highest BCUT2D eigenvalue weighted by Gasteiger charge is 2.24. The van der Waals surface area contributed by atoms with Crippen LogP contribution >= 0.6 is 0 Å². The van der Waals surface area contributed by atoms with Crippen LogP contribution in [0.1, 0.15) is 47.6 Å². The van der Waals surface area contributed by atoms with Crippen molar-refractivity contribution >= 4 is 5.97 Å². The summed E-state index contributed by atoms with van der Waals surface area (Å²) in [5.74, 6) is -0.235. The molecule has 0 bridgehead atoms. The van der Waals surface area contributed by atoms with Crippen molar-refractivity contribution in [3.05, 3.63) is 27.8 Å². The van der Waals surface area contributed by atoms with Gasteiger partial charge in [-0.05, 0) is 73.8 Å². The van der Waals surface area contributed by atoms with Gasteiger partial charge in [-0.15, -0.1) is 0 Å². The molecule has 1 aliphatic carbocycles. The maximum Gasteiger partial charge on any atom is 0.306 e. The quantitative estimate of drug-likeness (QED) is 0.916. The van der Waals surface area contributed by atoms with E-state index in [4.69, 9.17) is 9.84 Å². The van der Waals surface area contributed by atoms with Gasteiger partial charge in [-0.1, -0.05) is 6.92 Å². The SMILES string of the molecule is COc1c(C)c2c(c(C)c1CC(C)C(=O)O)CCCC2. The van der Waals surface area contributed by atoms with Gasteiger partial charge in [-0.3, -0.25) is 4.79 Å². The summed E-state index contributed by atoms with van der Waals surface area (Å²) in [6.45, 7) is 5.99. The molecular formula is C17H24O3. The molecule has 1 atom stereocenters. The summed E-state index contributed by atoms with van der Waals surface area (Å²) in [6.07, 6.45) is 5.24. The van der Waals surface area contributed by atoms with E-state index in [1.54, 1.807) is 14.0 Å². The fraction of sp³-hybridized carbons (Fsp3) is 0.588. The molecule has 0 spiro atoms. The van der Waals surface area contributed by atoms with Crippen LogP contribution in [0.4, 0.5) is 0 Å². The molecule has 1 aromatic carbocycles. The van der Waals surface area contributed by atoms with Gasteiger partial charge in [0.15, 0.2) is 0 Å². The third-order valence-electron chi connectivity index (χ3n) is 4.58. The van der Waals surface area contributed by atoms with Crippen LogP contribution in [0, 0.1) is 19.8 Å². The monoisotopic (exact) mass is 276 g/mol. The standard InChI is InChI=1S/C17H24O3/c1-10(17(18)19)9-15-11(2)13-7-5-6-8-14(13)12(3)16(15)20-4/h10H,5-9H2,1-4H3,(H,18,19). The van der Waals surface area contributed by atoms with Crippen molar-refractivity contribution in [1.82, 2.24) is 0 Å². The number of aliphatic carboxylic acids is 1. The highest BCUT2D eigenvalue weighted by Crippen LogP contribution is 2.38. The summed E-state index contributed by atoms with van der Waals surface area (Å²) < 4.78 is 5.61. The van der Waals surface area contributed by atoms with Crippen molar-refractivity contribution in [2.45, 2.75) is 52.9 Å². The zero-order chi connectivity index (χ0) is 14.9. The predicted molar refractivity (Wildman–Crippen MR) is 79.6 cm³/mol. The van der Waals surface area contributed by atoms with E-state index in [-0.39, 0.29) is 5.92 Å². The van der Waals surface area contributed by atoms with Gasteiger partial charge in [0.1, 0.15) is 5.75 Å². The molecule has 0 fully saturated rings. The van der Waals surface area contributed by atoms with Crippen LogP contribution in [-0.2, 0) is 24.1 Å². The average molecular weight is 276 g/mol. The molecule has 3 nitrogen and oxygen atoms in total. The third kappa shape index (κ3) is 2.54. The summed E-state index contributed by atoms with van der Waals surface area (Å²) in [5.41, 5.74) is 6.40. The Bertz CT molecular complexity index is 532. The number of methoxy groups -OCH3 is 1. The molecule has 0 saturated heterocycles. The first-order chi connectivity index (χ1) is 9.47. The maximum atomic E-state index is 11.1. The zero-order valence-corrected chi connectivity index (χ0v) is 12.9. The van der Waals surface area contributed by atoms with Gasteiger partial charge in [0, 0.05) is 0 Å². The maximum absolute atomic E-state index is 11.1. The number of fused-ring (bicyclic) bond motifs is 1. The predicted octanol–water partition coefficient (Wildman–Crippen LogP) is 3.45. The van der Waals surface area contributed by atoms with Crippen LogP contribution in [0.25, 0.3) is 0 Å². The third-order valence-corrected chi connectivity index (χ3v) is 4.58. The van der Waals surface area contributed by atoms with E-state index < -0.39 is 5.97 Å². The van der Waals surface area contributed by atoms with Gasteiger partial charge >= 0.3 is 5.97 Å². The summed E-state index contributed by atoms with van der Waals surface area (Å²) in [7, 11) is 1.69. The first kappa shape index (κ1) is 14.9. The lowest BCUT2D eigenvalue weighted by Gasteiger charge is -2.26. The second-order valence-electron chi connectivity index (χ2n) is 5.87. The Morgan fingerprint density at radius 3 is 2.25 bits per heavy atom. The van der Waals surface area contributed by atoms with E-state index in [0.29, 0.717) is 6.42 Å². The lowest BCUT2D eigenvalue weighted by molar-refractivity contribution is -0.141.